The van der Waals surface area contributed by atoms with Crippen molar-refractivity contribution in [2.24, 2.45) is 0 Å². The summed E-state index contributed by atoms with van der Waals surface area (Å²) in [5.41, 5.74) is 3.91. The molecule has 1 amide bonds. The van der Waals surface area contributed by atoms with E-state index in [0.717, 1.165) is 23.4 Å². The van der Waals surface area contributed by atoms with Gasteiger partial charge in [0, 0.05) is 17.4 Å². The molecule has 0 bridgehead atoms. The van der Waals surface area contributed by atoms with Gasteiger partial charge in [0.25, 0.3) is 0 Å². The van der Waals surface area contributed by atoms with Crippen LogP contribution < -0.4 is 10.2 Å². The lowest BCUT2D eigenvalue weighted by atomic mass is 10.1. The number of benzene rings is 2. The Kier molecular flexibility index (Phi) is 4.35. The molecule has 4 heteroatoms. The summed E-state index contributed by atoms with van der Waals surface area (Å²) in [5, 5.41) is 12.5. The van der Waals surface area contributed by atoms with E-state index >= 15 is 0 Å². The van der Waals surface area contributed by atoms with Gasteiger partial charge in [0.05, 0.1) is 6.61 Å². The Bertz CT molecular complexity index is 714. The zero-order valence-corrected chi connectivity index (χ0v) is 13.5. The van der Waals surface area contributed by atoms with Crippen molar-refractivity contribution in [3.05, 3.63) is 59.7 Å². The monoisotopic (exact) mass is 310 g/mol. The normalized spacial score (nSPS) is 17.7. The summed E-state index contributed by atoms with van der Waals surface area (Å²) in [6.07, 6.45) is 0.897. The fourth-order valence-corrected chi connectivity index (χ4v) is 3.18. The molecule has 2 N–H and O–H groups in total. The molecule has 0 fully saturated rings. The van der Waals surface area contributed by atoms with E-state index in [1.54, 1.807) is 0 Å². The predicted octanol–water partition coefficient (Wildman–Crippen LogP) is 2.96. The van der Waals surface area contributed by atoms with Crippen LogP contribution >= 0.6 is 0 Å². The maximum Gasteiger partial charge on any atom is 0.249 e. The van der Waals surface area contributed by atoms with Gasteiger partial charge in [0.2, 0.25) is 5.91 Å². The van der Waals surface area contributed by atoms with Gasteiger partial charge in [-0.2, -0.15) is 0 Å². The number of fused-ring (bicyclic) bond motifs is 1. The molecule has 0 spiro atoms. The van der Waals surface area contributed by atoms with Crippen molar-refractivity contribution in [1.82, 2.24) is 0 Å². The number of aliphatic hydroxyl groups excluding tert-OH is 1. The lowest BCUT2D eigenvalue weighted by Crippen LogP contribution is -2.44. The molecule has 1 aliphatic heterocycles. The summed E-state index contributed by atoms with van der Waals surface area (Å²) in [7, 11) is 0. The van der Waals surface area contributed by atoms with Gasteiger partial charge in [-0.25, -0.2) is 0 Å². The molecular formula is C19H22N2O2. The quantitative estimate of drug-likeness (QED) is 0.913. The van der Waals surface area contributed by atoms with E-state index in [0.29, 0.717) is 0 Å². The van der Waals surface area contributed by atoms with Crippen molar-refractivity contribution >= 4 is 17.3 Å². The Balaban J connectivity index is 1.77. The highest BCUT2D eigenvalue weighted by Gasteiger charge is 2.32. The van der Waals surface area contributed by atoms with E-state index < -0.39 is 0 Å². The molecule has 2 atom stereocenters. The van der Waals surface area contributed by atoms with Crippen LogP contribution in [0.25, 0.3) is 0 Å². The summed E-state index contributed by atoms with van der Waals surface area (Å²) >= 11 is 0. The van der Waals surface area contributed by atoms with Gasteiger partial charge in [-0.3, -0.25) is 4.79 Å². The molecule has 0 unspecified atom stereocenters. The Labute approximate surface area is 136 Å². The topological polar surface area (TPSA) is 52.6 Å². The molecule has 0 aliphatic carbocycles. The standard InChI is InChI=1S/C19H22N2O2/c1-13-10-16-7-3-4-9-18(16)21(13)19(23)14(2)20-17-8-5-6-15(11-17)12-22/h3-9,11,13-14,20,22H,10,12H2,1-2H3/t13-,14-/m1/s1. The number of anilines is 2. The van der Waals surface area contributed by atoms with Gasteiger partial charge in [-0.05, 0) is 49.6 Å². The zero-order chi connectivity index (χ0) is 16.4. The van der Waals surface area contributed by atoms with E-state index in [2.05, 4.69) is 18.3 Å². The van der Waals surface area contributed by atoms with Crippen molar-refractivity contribution in [3.63, 3.8) is 0 Å². The number of hydrogen-bond donors (Lipinski definition) is 2. The summed E-state index contributed by atoms with van der Waals surface area (Å²) in [5.74, 6) is 0.0665. The maximum absolute atomic E-state index is 12.9. The SMILES string of the molecule is C[C@@H]1Cc2ccccc2N1C(=O)[C@@H](C)Nc1cccc(CO)c1. The highest BCUT2D eigenvalue weighted by atomic mass is 16.3. The first kappa shape index (κ1) is 15.6. The van der Waals surface area contributed by atoms with Gasteiger partial charge < -0.3 is 15.3 Å². The fourth-order valence-electron chi connectivity index (χ4n) is 3.18. The predicted molar refractivity (Wildman–Crippen MR) is 92.5 cm³/mol. The minimum Gasteiger partial charge on any atom is -0.392 e. The summed E-state index contributed by atoms with van der Waals surface area (Å²) in [6, 6.07) is 15.4. The number of para-hydroxylation sites is 1. The number of nitrogens with zero attached hydrogens (tertiary/aromatic N) is 1. The van der Waals surface area contributed by atoms with Crippen LogP contribution in [-0.4, -0.2) is 23.1 Å². The van der Waals surface area contributed by atoms with Crippen LogP contribution in [0.4, 0.5) is 11.4 Å². The van der Waals surface area contributed by atoms with Crippen molar-refractivity contribution in [2.75, 3.05) is 10.2 Å². The van der Waals surface area contributed by atoms with Crippen LogP contribution in [-0.2, 0) is 17.8 Å². The molecule has 0 aromatic heterocycles. The van der Waals surface area contributed by atoms with Crippen LogP contribution in [0.1, 0.15) is 25.0 Å². The molecule has 2 aromatic carbocycles. The lowest BCUT2D eigenvalue weighted by Gasteiger charge is -2.27. The Morgan fingerprint density at radius 3 is 2.87 bits per heavy atom. The fraction of sp³-hybridized carbons (Fsp3) is 0.316. The molecule has 1 heterocycles. The van der Waals surface area contributed by atoms with E-state index in [9.17, 15) is 9.90 Å². The molecule has 4 nitrogen and oxygen atoms in total. The largest absolute Gasteiger partial charge is 0.392 e. The lowest BCUT2D eigenvalue weighted by molar-refractivity contribution is -0.119. The molecule has 0 saturated carbocycles. The summed E-state index contributed by atoms with van der Waals surface area (Å²) in [4.78, 5) is 14.8. The molecule has 120 valence electrons. The third-order valence-corrected chi connectivity index (χ3v) is 4.31. The molecular weight excluding hydrogens is 288 g/mol. The molecule has 23 heavy (non-hydrogen) atoms. The van der Waals surface area contributed by atoms with Crippen LogP contribution in [0, 0.1) is 0 Å². The van der Waals surface area contributed by atoms with E-state index in [4.69, 9.17) is 0 Å². The number of carbonyl (C=O) groups excluding carboxylic acids is 1. The highest BCUT2D eigenvalue weighted by molar-refractivity contribution is 6.00. The second kappa shape index (κ2) is 6.42. The van der Waals surface area contributed by atoms with Crippen molar-refractivity contribution in [1.29, 1.82) is 0 Å². The first-order valence-electron chi connectivity index (χ1n) is 7.97. The zero-order valence-electron chi connectivity index (χ0n) is 13.5. The van der Waals surface area contributed by atoms with Gasteiger partial charge in [-0.15, -0.1) is 0 Å². The first-order valence-corrected chi connectivity index (χ1v) is 7.97. The average molecular weight is 310 g/mol. The average Bonchev–Trinajstić information content (AvgIpc) is 2.90. The third kappa shape index (κ3) is 3.08. The summed E-state index contributed by atoms with van der Waals surface area (Å²) < 4.78 is 0. The van der Waals surface area contributed by atoms with Crippen molar-refractivity contribution < 1.29 is 9.90 Å². The van der Waals surface area contributed by atoms with Gasteiger partial charge >= 0.3 is 0 Å². The first-order chi connectivity index (χ1) is 11.1. The van der Waals surface area contributed by atoms with Crippen molar-refractivity contribution in [2.45, 2.75) is 39.0 Å². The number of nitrogens with one attached hydrogen (secondary N) is 1. The molecule has 0 saturated heterocycles. The number of aliphatic hydroxyl groups is 1. The van der Waals surface area contributed by atoms with Crippen LogP contribution in [0.3, 0.4) is 0 Å². The smallest absolute Gasteiger partial charge is 0.249 e. The summed E-state index contributed by atoms with van der Waals surface area (Å²) in [6.45, 7) is 3.95. The molecule has 1 aliphatic rings. The minimum atomic E-state index is -0.336. The van der Waals surface area contributed by atoms with Gasteiger partial charge in [-0.1, -0.05) is 30.3 Å². The minimum absolute atomic E-state index is 0.00557. The second-order valence-electron chi connectivity index (χ2n) is 6.11. The Morgan fingerprint density at radius 1 is 1.30 bits per heavy atom. The van der Waals surface area contributed by atoms with Gasteiger partial charge in [0.1, 0.15) is 6.04 Å². The van der Waals surface area contributed by atoms with Crippen LogP contribution in [0.2, 0.25) is 0 Å². The van der Waals surface area contributed by atoms with E-state index in [1.165, 1.54) is 5.56 Å². The highest BCUT2D eigenvalue weighted by Crippen LogP contribution is 2.32. The third-order valence-electron chi connectivity index (χ3n) is 4.31. The molecule has 0 radical (unpaired) electrons. The van der Waals surface area contributed by atoms with Crippen LogP contribution in [0.15, 0.2) is 48.5 Å². The van der Waals surface area contributed by atoms with Crippen molar-refractivity contribution in [3.8, 4) is 0 Å². The Morgan fingerprint density at radius 2 is 2.09 bits per heavy atom. The number of carbonyl (C=O) groups is 1. The van der Waals surface area contributed by atoms with Gasteiger partial charge in [0.15, 0.2) is 0 Å². The second-order valence-corrected chi connectivity index (χ2v) is 6.11. The molecule has 2 aromatic rings. The van der Waals surface area contributed by atoms with E-state index in [1.807, 2.05) is 54.3 Å². The number of rotatable bonds is 4. The van der Waals surface area contributed by atoms with Crippen LogP contribution in [0.5, 0.6) is 0 Å². The Hall–Kier alpha value is -2.33. The number of amides is 1. The van der Waals surface area contributed by atoms with E-state index in [-0.39, 0.29) is 24.6 Å². The number of hydrogen-bond acceptors (Lipinski definition) is 3. The maximum atomic E-state index is 12.9. The molecule has 3 rings (SSSR count).